The van der Waals surface area contributed by atoms with Crippen LogP contribution in [0.4, 0.5) is 11.5 Å². The van der Waals surface area contributed by atoms with Gasteiger partial charge in [-0.15, -0.1) is 10.2 Å². The van der Waals surface area contributed by atoms with Crippen molar-refractivity contribution in [3.05, 3.63) is 83.6 Å². The Hall–Kier alpha value is -3.27. The molecule has 26 heavy (non-hydrogen) atoms. The Morgan fingerprint density at radius 3 is 2.38 bits per heavy atom. The van der Waals surface area contributed by atoms with Crippen molar-refractivity contribution in [1.29, 1.82) is 0 Å². The number of aryl methyl sites for hydroxylation is 3. The van der Waals surface area contributed by atoms with Crippen LogP contribution in [-0.4, -0.2) is 9.38 Å². The third-order valence-electron chi connectivity index (χ3n) is 4.54. The molecule has 0 aliphatic heterocycles. The number of rotatable bonds is 3. The number of imidazole rings is 1. The molecule has 2 aromatic heterocycles. The Kier molecular flexibility index (Phi) is 4.09. The minimum Gasteiger partial charge on any atom is -0.282 e. The van der Waals surface area contributed by atoms with E-state index in [-0.39, 0.29) is 0 Å². The third-order valence-corrected chi connectivity index (χ3v) is 4.54. The Bertz CT molecular complexity index is 1110. The van der Waals surface area contributed by atoms with E-state index in [2.05, 4.69) is 49.2 Å². The van der Waals surface area contributed by atoms with Crippen molar-refractivity contribution in [3.63, 3.8) is 0 Å². The van der Waals surface area contributed by atoms with Crippen molar-refractivity contribution < 1.29 is 0 Å². The Labute approximate surface area is 152 Å². The summed E-state index contributed by atoms with van der Waals surface area (Å²) in [6, 6.07) is 20.3. The molecule has 0 atom stereocenters. The molecule has 0 bridgehead atoms. The van der Waals surface area contributed by atoms with Gasteiger partial charge in [-0.3, -0.25) is 4.40 Å². The lowest BCUT2D eigenvalue weighted by atomic mass is 10.1. The minimum atomic E-state index is 0.744. The van der Waals surface area contributed by atoms with E-state index < -0.39 is 0 Å². The first-order chi connectivity index (χ1) is 12.6. The molecule has 0 aliphatic carbocycles. The van der Waals surface area contributed by atoms with Gasteiger partial charge in [0.1, 0.15) is 11.3 Å². The van der Waals surface area contributed by atoms with Crippen LogP contribution in [0.15, 0.2) is 77.1 Å². The van der Waals surface area contributed by atoms with E-state index in [9.17, 15) is 0 Å². The summed E-state index contributed by atoms with van der Waals surface area (Å²) in [4.78, 5) is 4.78. The van der Waals surface area contributed by atoms with Gasteiger partial charge in [0, 0.05) is 11.8 Å². The summed E-state index contributed by atoms with van der Waals surface area (Å²) in [5.74, 6) is 0.744. The summed E-state index contributed by atoms with van der Waals surface area (Å²) in [5.41, 5.74) is 7.18. The van der Waals surface area contributed by atoms with Gasteiger partial charge in [-0.2, -0.15) is 0 Å². The maximum Gasteiger partial charge on any atom is 0.187 e. The summed E-state index contributed by atoms with van der Waals surface area (Å²) >= 11 is 0. The highest BCUT2D eigenvalue weighted by Gasteiger charge is 2.14. The molecule has 2 aromatic carbocycles. The van der Waals surface area contributed by atoms with Crippen LogP contribution < -0.4 is 0 Å². The fraction of sp³-hybridized carbons (Fsp3) is 0.136. The zero-order chi connectivity index (χ0) is 18.1. The van der Waals surface area contributed by atoms with Gasteiger partial charge in [0.2, 0.25) is 0 Å². The SMILES string of the molecule is Cc1ccc2nc(-c3ccccc3)c(N=Nc3ccc(C)c(C)c3)n2c1. The minimum absolute atomic E-state index is 0.744. The predicted molar refractivity (Wildman–Crippen MR) is 105 cm³/mol. The average Bonchev–Trinajstić information content (AvgIpc) is 3.01. The van der Waals surface area contributed by atoms with Gasteiger partial charge in [0.05, 0.1) is 5.69 Å². The number of benzene rings is 2. The zero-order valence-corrected chi connectivity index (χ0v) is 15.1. The van der Waals surface area contributed by atoms with Gasteiger partial charge in [-0.05, 0) is 55.7 Å². The first-order valence-electron chi connectivity index (χ1n) is 8.65. The molecule has 0 aliphatic rings. The highest BCUT2D eigenvalue weighted by Crippen LogP contribution is 2.32. The molecule has 0 fully saturated rings. The number of pyridine rings is 1. The Morgan fingerprint density at radius 1 is 0.808 bits per heavy atom. The predicted octanol–water partition coefficient (Wildman–Crippen LogP) is 6.34. The maximum atomic E-state index is 4.78. The zero-order valence-electron chi connectivity index (χ0n) is 15.1. The molecule has 128 valence electrons. The lowest BCUT2D eigenvalue weighted by Crippen LogP contribution is -1.85. The number of aromatic nitrogens is 2. The smallest absolute Gasteiger partial charge is 0.187 e. The summed E-state index contributed by atoms with van der Waals surface area (Å²) in [7, 11) is 0. The van der Waals surface area contributed by atoms with E-state index in [4.69, 9.17) is 4.98 Å². The summed E-state index contributed by atoms with van der Waals surface area (Å²) in [6.07, 6.45) is 2.05. The standard InChI is InChI=1S/C22H20N4/c1-15-9-12-20-23-21(18-7-5-4-6-8-18)22(26(20)14-15)25-24-19-11-10-16(2)17(3)13-19/h4-14H,1-3H3. The molecular formula is C22H20N4. The number of hydrogen-bond donors (Lipinski definition) is 0. The number of nitrogens with zero attached hydrogens (tertiary/aromatic N) is 4. The van der Waals surface area contributed by atoms with Crippen molar-refractivity contribution in [3.8, 4) is 11.3 Å². The normalized spacial score (nSPS) is 11.5. The maximum absolute atomic E-state index is 4.78. The Balaban J connectivity index is 1.87. The first-order valence-corrected chi connectivity index (χ1v) is 8.65. The van der Waals surface area contributed by atoms with Crippen LogP contribution in [0.25, 0.3) is 16.9 Å². The number of azo groups is 1. The summed E-state index contributed by atoms with van der Waals surface area (Å²) in [6.45, 7) is 6.24. The molecule has 4 rings (SSSR count). The quantitative estimate of drug-likeness (QED) is 0.401. The molecule has 0 N–H and O–H groups in total. The average molecular weight is 340 g/mol. The fourth-order valence-electron chi connectivity index (χ4n) is 2.92. The second-order valence-electron chi connectivity index (χ2n) is 6.55. The second kappa shape index (κ2) is 6.56. The van der Waals surface area contributed by atoms with Crippen molar-refractivity contribution in [1.82, 2.24) is 9.38 Å². The van der Waals surface area contributed by atoms with Gasteiger partial charge in [-0.1, -0.05) is 42.5 Å². The van der Waals surface area contributed by atoms with Crippen molar-refractivity contribution >= 4 is 17.2 Å². The van der Waals surface area contributed by atoms with Gasteiger partial charge in [-0.25, -0.2) is 4.98 Å². The van der Waals surface area contributed by atoms with Gasteiger partial charge >= 0.3 is 0 Å². The van der Waals surface area contributed by atoms with E-state index in [0.717, 1.165) is 34.0 Å². The molecule has 0 radical (unpaired) electrons. The van der Waals surface area contributed by atoms with Crippen molar-refractivity contribution in [2.45, 2.75) is 20.8 Å². The topological polar surface area (TPSA) is 42.0 Å². The van der Waals surface area contributed by atoms with Crippen LogP contribution in [0.2, 0.25) is 0 Å². The van der Waals surface area contributed by atoms with Crippen LogP contribution in [0, 0.1) is 20.8 Å². The van der Waals surface area contributed by atoms with Crippen LogP contribution in [0.3, 0.4) is 0 Å². The highest BCUT2D eigenvalue weighted by atomic mass is 15.2. The summed E-state index contributed by atoms with van der Waals surface area (Å²) < 4.78 is 2.00. The summed E-state index contributed by atoms with van der Waals surface area (Å²) in [5, 5.41) is 9.06. The molecule has 0 spiro atoms. The number of hydrogen-bond acceptors (Lipinski definition) is 3. The van der Waals surface area contributed by atoms with E-state index in [1.807, 2.05) is 53.1 Å². The molecule has 4 nitrogen and oxygen atoms in total. The third kappa shape index (κ3) is 3.02. The van der Waals surface area contributed by atoms with E-state index in [0.29, 0.717) is 0 Å². The van der Waals surface area contributed by atoms with E-state index in [1.165, 1.54) is 11.1 Å². The number of fused-ring (bicyclic) bond motifs is 1. The van der Waals surface area contributed by atoms with Gasteiger partial charge in [0.15, 0.2) is 5.82 Å². The van der Waals surface area contributed by atoms with Crippen LogP contribution in [0.5, 0.6) is 0 Å². The van der Waals surface area contributed by atoms with E-state index in [1.54, 1.807) is 0 Å². The molecule has 2 heterocycles. The van der Waals surface area contributed by atoms with E-state index >= 15 is 0 Å². The monoisotopic (exact) mass is 340 g/mol. The van der Waals surface area contributed by atoms with Crippen LogP contribution in [0.1, 0.15) is 16.7 Å². The second-order valence-corrected chi connectivity index (χ2v) is 6.55. The van der Waals surface area contributed by atoms with Crippen LogP contribution in [-0.2, 0) is 0 Å². The van der Waals surface area contributed by atoms with Gasteiger partial charge in [0.25, 0.3) is 0 Å². The lowest BCUT2D eigenvalue weighted by Gasteiger charge is -2.02. The molecule has 0 saturated heterocycles. The molecule has 0 amide bonds. The van der Waals surface area contributed by atoms with Crippen LogP contribution >= 0.6 is 0 Å². The van der Waals surface area contributed by atoms with Crippen molar-refractivity contribution in [2.24, 2.45) is 10.2 Å². The molecule has 4 heteroatoms. The van der Waals surface area contributed by atoms with Gasteiger partial charge < -0.3 is 0 Å². The largest absolute Gasteiger partial charge is 0.282 e. The fourth-order valence-corrected chi connectivity index (χ4v) is 2.92. The molecule has 0 unspecified atom stereocenters. The first kappa shape index (κ1) is 16.2. The lowest BCUT2D eigenvalue weighted by molar-refractivity contribution is 1.09. The highest BCUT2D eigenvalue weighted by molar-refractivity contribution is 5.74. The molecule has 4 aromatic rings. The molecule has 0 saturated carbocycles. The molecular weight excluding hydrogens is 320 g/mol. The Morgan fingerprint density at radius 2 is 1.62 bits per heavy atom. The van der Waals surface area contributed by atoms with Crippen molar-refractivity contribution in [2.75, 3.05) is 0 Å².